The Hall–Kier alpha value is -2.20. The van der Waals surface area contributed by atoms with Crippen LogP contribution in [0.3, 0.4) is 0 Å². The number of nitrogens with zero attached hydrogens (tertiary/aromatic N) is 2. The zero-order valence-electron chi connectivity index (χ0n) is 22.1. The Morgan fingerprint density at radius 1 is 1.03 bits per heavy atom. The summed E-state index contributed by atoms with van der Waals surface area (Å²) < 4.78 is 31.4. The maximum atomic E-state index is 13.4. The molecule has 0 radical (unpaired) electrons. The second-order valence-corrected chi connectivity index (χ2v) is 12.5. The summed E-state index contributed by atoms with van der Waals surface area (Å²) in [6.07, 6.45) is 1.30. The van der Waals surface area contributed by atoms with E-state index in [-0.39, 0.29) is 48.7 Å². The number of rotatable bonds is 13. The van der Waals surface area contributed by atoms with E-state index >= 15 is 0 Å². The molecule has 1 unspecified atom stereocenters. The van der Waals surface area contributed by atoms with Gasteiger partial charge in [-0.3, -0.25) is 13.9 Å². The molecule has 1 N–H and O–H groups in total. The number of nitrogens with one attached hydrogen (secondary N) is 1. The number of carbonyl (C=O) groups is 2. The van der Waals surface area contributed by atoms with Crippen LogP contribution in [0.5, 0.6) is 5.75 Å². The lowest BCUT2D eigenvalue weighted by atomic mass is 10.1. The number of amides is 2. The Labute approximate surface area is 240 Å². The van der Waals surface area contributed by atoms with Gasteiger partial charge in [-0.05, 0) is 55.2 Å². The van der Waals surface area contributed by atoms with Gasteiger partial charge in [0, 0.05) is 36.1 Å². The van der Waals surface area contributed by atoms with Crippen LogP contribution in [0.25, 0.3) is 0 Å². The molecule has 0 aliphatic rings. The smallest absolute Gasteiger partial charge is 0.242 e. The molecule has 1 atom stereocenters. The molecule has 0 saturated carbocycles. The largest absolute Gasteiger partial charge is 0.495 e. The van der Waals surface area contributed by atoms with Crippen molar-refractivity contribution in [2.24, 2.45) is 5.92 Å². The van der Waals surface area contributed by atoms with Gasteiger partial charge in [0.2, 0.25) is 21.8 Å². The molecule has 12 heteroatoms. The van der Waals surface area contributed by atoms with Crippen molar-refractivity contribution in [1.82, 2.24) is 10.2 Å². The number of hydrogen-bond acceptors (Lipinski definition) is 5. The molecule has 0 saturated heterocycles. The first-order valence-corrected chi connectivity index (χ1v) is 15.0. The molecule has 0 spiro atoms. The van der Waals surface area contributed by atoms with Gasteiger partial charge in [0.1, 0.15) is 11.8 Å². The lowest BCUT2D eigenvalue weighted by Gasteiger charge is -2.30. The van der Waals surface area contributed by atoms with E-state index in [0.29, 0.717) is 33.6 Å². The van der Waals surface area contributed by atoms with Crippen molar-refractivity contribution in [1.29, 1.82) is 0 Å². The van der Waals surface area contributed by atoms with Crippen molar-refractivity contribution < 1.29 is 22.7 Å². The van der Waals surface area contributed by atoms with Gasteiger partial charge < -0.3 is 15.0 Å². The molecule has 2 amide bonds. The molecule has 0 bridgehead atoms. The maximum Gasteiger partial charge on any atom is 0.242 e. The molecule has 210 valence electrons. The quantitative estimate of drug-likeness (QED) is 0.330. The Morgan fingerprint density at radius 2 is 1.71 bits per heavy atom. The highest BCUT2D eigenvalue weighted by Crippen LogP contribution is 2.30. The zero-order valence-corrected chi connectivity index (χ0v) is 25.2. The number of anilines is 1. The molecule has 0 aliphatic heterocycles. The van der Waals surface area contributed by atoms with Gasteiger partial charge in [0.05, 0.1) is 24.1 Å². The van der Waals surface area contributed by atoms with Crippen LogP contribution >= 0.6 is 34.8 Å². The molecular weight excluding hydrogens is 573 g/mol. The SMILES string of the molecule is COc1ccc(N(CCCC(=O)N(Cc2ccc(Cl)cc2Cl)C(C)C(=O)NCC(C)C)S(C)(=O)=O)cc1Cl. The van der Waals surface area contributed by atoms with E-state index in [1.807, 2.05) is 13.8 Å². The average molecular weight is 607 g/mol. The summed E-state index contributed by atoms with van der Waals surface area (Å²) in [5.41, 5.74) is 0.996. The normalized spacial score (nSPS) is 12.2. The van der Waals surface area contributed by atoms with Crippen molar-refractivity contribution in [3.8, 4) is 5.75 Å². The molecular formula is C26H34Cl3N3O5S. The Balaban J connectivity index is 2.22. The number of benzene rings is 2. The molecule has 0 aromatic heterocycles. The first kappa shape index (κ1) is 32.0. The highest BCUT2D eigenvalue weighted by molar-refractivity contribution is 7.92. The average Bonchev–Trinajstić information content (AvgIpc) is 2.83. The van der Waals surface area contributed by atoms with Crippen LogP contribution in [0.2, 0.25) is 15.1 Å². The van der Waals surface area contributed by atoms with Crippen molar-refractivity contribution in [2.75, 3.05) is 30.8 Å². The third-order valence-electron chi connectivity index (χ3n) is 5.78. The fourth-order valence-electron chi connectivity index (χ4n) is 3.68. The molecule has 2 aromatic rings. The fourth-order valence-corrected chi connectivity index (χ4v) is 5.36. The predicted molar refractivity (Wildman–Crippen MR) is 154 cm³/mol. The van der Waals surface area contributed by atoms with Gasteiger partial charge in [-0.1, -0.05) is 54.7 Å². The zero-order chi connectivity index (χ0) is 28.6. The minimum Gasteiger partial charge on any atom is -0.495 e. The number of ether oxygens (including phenoxy) is 1. The van der Waals surface area contributed by atoms with Crippen LogP contribution in [-0.2, 0) is 26.2 Å². The van der Waals surface area contributed by atoms with Crippen molar-refractivity contribution in [2.45, 2.75) is 46.2 Å². The van der Waals surface area contributed by atoms with Gasteiger partial charge in [0.15, 0.2) is 0 Å². The second-order valence-electron chi connectivity index (χ2n) is 9.33. The Kier molecular flexibility index (Phi) is 12.0. The topological polar surface area (TPSA) is 96.0 Å². The highest BCUT2D eigenvalue weighted by Gasteiger charge is 2.27. The van der Waals surface area contributed by atoms with Crippen LogP contribution in [0, 0.1) is 5.92 Å². The minimum absolute atomic E-state index is 0.00289. The number of carbonyl (C=O) groups excluding carboxylic acids is 2. The monoisotopic (exact) mass is 605 g/mol. The molecule has 0 aliphatic carbocycles. The third-order valence-corrected chi connectivity index (χ3v) is 7.86. The maximum absolute atomic E-state index is 13.4. The van der Waals surface area contributed by atoms with Crippen LogP contribution in [0.1, 0.15) is 39.2 Å². The Bertz CT molecular complexity index is 1240. The summed E-state index contributed by atoms with van der Waals surface area (Å²) in [5.74, 6) is 0.0573. The van der Waals surface area contributed by atoms with Gasteiger partial charge in [0.25, 0.3) is 0 Å². The molecule has 38 heavy (non-hydrogen) atoms. The second kappa shape index (κ2) is 14.3. The van der Waals surface area contributed by atoms with E-state index in [2.05, 4.69) is 5.32 Å². The molecule has 8 nitrogen and oxygen atoms in total. The summed E-state index contributed by atoms with van der Waals surface area (Å²) >= 11 is 18.6. The summed E-state index contributed by atoms with van der Waals surface area (Å²) in [6.45, 7) is 6.21. The van der Waals surface area contributed by atoms with Crippen molar-refractivity contribution >= 4 is 62.3 Å². The number of sulfonamides is 1. The molecule has 0 fully saturated rings. The van der Waals surface area contributed by atoms with E-state index in [1.54, 1.807) is 37.3 Å². The third kappa shape index (κ3) is 9.22. The van der Waals surface area contributed by atoms with Gasteiger partial charge in [-0.15, -0.1) is 0 Å². The van der Waals surface area contributed by atoms with Crippen molar-refractivity contribution in [3.63, 3.8) is 0 Å². The number of methoxy groups -OCH3 is 1. The summed E-state index contributed by atoms with van der Waals surface area (Å²) in [4.78, 5) is 27.7. The predicted octanol–water partition coefficient (Wildman–Crippen LogP) is 5.39. The van der Waals surface area contributed by atoms with Gasteiger partial charge in [-0.2, -0.15) is 0 Å². The lowest BCUT2D eigenvalue weighted by molar-refractivity contribution is -0.140. The number of hydrogen-bond donors (Lipinski definition) is 1. The minimum atomic E-state index is -3.66. The summed E-state index contributed by atoms with van der Waals surface area (Å²) in [5, 5.41) is 3.96. The van der Waals surface area contributed by atoms with Gasteiger partial charge in [-0.25, -0.2) is 8.42 Å². The van der Waals surface area contributed by atoms with Crippen LogP contribution in [0.4, 0.5) is 5.69 Å². The van der Waals surface area contributed by atoms with Crippen LogP contribution in [0.15, 0.2) is 36.4 Å². The van der Waals surface area contributed by atoms with E-state index in [9.17, 15) is 18.0 Å². The van der Waals surface area contributed by atoms with E-state index in [4.69, 9.17) is 39.5 Å². The Morgan fingerprint density at radius 3 is 2.26 bits per heavy atom. The van der Waals surface area contributed by atoms with Crippen molar-refractivity contribution in [3.05, 3.63) is 57.0 Å². The molecule has 0 heterocycles. The van der Waals surface area contributed by atoms with Gasteiger partial charge >= 0.3 is 0 Å². The van der Waals surface area contributed by atoms with E-state index in [0.717, 1.165) is 6.26 Å². The molecule has 2 rings (SSSR count). The highest BCUT2D eigenvalue weighted by atomic mass is 35.5. The fraction of sp³-hybridized carbons (Fsp3) is 0.462. The standard InChI is InChI=1S/C26H34Cl3N3O5S/c1-17(2)15-30-26(34)18(3)31(16-19-8-9-20(27)13-22(19)28)25(33)7-6-12-32(38(5,35)36)21-10-11-24(37-4)23(29)14-21/h8-11,13-14,17-18H,6-7,12,15-16H2,1-5H3,(H,30,34). The lowest BCUT2D eigenvalue weighted by Crippen LogP contribution is -2.48. The van der Waals surface area contributed by atoms with Crippen LogP contribution < -0.4 is 14.4 Å². The first-order valence-electron chi connectivity index (χ1n) is 12.1. The first-order chi connectivity index (χ1) is 17.7. The van der Waals surface area contributed by atoms with Crippen LogP contribution in [-0.4, -0.2) is 57.6 Å². The summed E-state index contributed by atoms with van der Waals surface area (Å²) in [7, 11) is -2.19. The summed E-state index contributed by atoms with van der Waals surface area (Å²) in [6, 6.07) is 8.84. The number of halogens is 3. The molecule has 2 aromatic carbocycles. The van der Waals surface area contributed by atoms with E-state index in [1.165, 1.54) is 22.4 Å². The van der Waals surface area contributed by atoms with E-state index < -0.39 is 16.1 Å².